The largest absolute Gasteiger partial charge is 0.321 e. The first-order valence-corrected chi connectivity index (χ1v) is 6.81. The molecule has 20 heavy (non-hydrogen) atoms. The summed E-state index contributed by atoms with van der Waals surface area (Å²) in [6.45, 7) is 1.92. The first kappa shape index (κ1) is 12.5. The number of rotatable bonds is 3. The maximum absolute atomic E-state index is 12.1. The second-order valence-electron chi connectivity index (χ2n) is 4.14. The molecular weight excluding hydrogens is 274 g/mol. The number of tetrazole rings is 1. The van der Waals surface area contributed by atoms with Gasteiger partial charge in [0.2, 0.25) is 0 Å². The van der Waals surface area contributed by atoms with E-state index in [2.05, 4.69) is 20.8 Å². The van der Waals surface area contributed by atoms with Crippen LogP contribution in [0.4, 0.5) is 5.69 Å². The lowest BCUT2D eigenvalue weighted by molar-refractivity contribution is 0.103. The number of amides is 1. The van der Waals surface area contributed by atoms with Gasteiger partial charge in [0.1, 0.15) is 6.33 Å². The Labute approximate surface area is 119 Å². The van der Waals surface area contributed by atoms with Gasteiger partial charge in [-0.05, 0) is 46.5 Å². The Bertz CT molecular complexity index is 721. The van der Waals surface area contributed by atoms with Crippen molar-refractivity contribution >= 4 is 22.9 Å². The Morgan fingerprint density at radius 3 is 2.90 bits per heavy atom. The third kappa shape index (κ3) is 2.30. The number of hydrogen-bond donors (Lipinski definition) is 1. The van der Waals surface area contributed by atoms with Crippen LogP contribution in [0, 0.1) is 6.92 Å². The molecular formula is C13H11N5OS. The van der Waals surface area contributed by atoms with Gasteiger partial charge in [-0.1, -0.05) is 12.1 Å². The summed E-state index contributed by atoms with van der Waals surface area (Å²) in [7, 11) is 0. The van der Waals surface area contributed by atoms with Crippen molar-refractivity contribution in [3.05, 3.63) is 52.5 Å². The van der Waals surface area contributed by atoms with Gasteiger partial charge in [0, 0.05) is 5.69 Å². The van der Waals surface area contributed by atoms with E-state index >= 15 is 0 Å². The smallest absolute Gasteiger partial charge is 0.265 e. The minimum Gasteiger partial charge on any atom is -0.321 e. The zero-order chi connectivity index (χ0) is 13.9. The first-order chi connectivity index (χ1) is 9.75. The van der Waals surface area contributed by atoms with Gasteiger partial charge in [0.25, 0.3) is 5.91 Å². The molecule has 100 valence electrons. The second kappa shape index (κ2) is 5.22. The molecule has 1 aromatic carbocycles. The molecule has 0 aliphatic heterocycles. The van der Waals surface area contributed by atoms with E-state index in [1.807, 2.05) is 36.6 Å². The van der Waals surface area contributed by atoms with E-state index in [1.54, 1.807) is 10.7 Å². The summed E-state index contributed by atoms with van der Waals surface area (Å²) in [4.78, 5) is 12.8. The molecule has 0 atom stereocenters. The number of nitrogens with one attached hydrogen (secondary N) is 1. The number of anilines is 1. The molecule has 7 heteroatoms. The van der Waals surface area contributed by atoms with Crippen LogP contribution in [0.15, 0.2) is 42.0 Å². The molecule has 0 bridgehead atoms. The zero-order valence-electron chi connectivity index (χ0n) is 10.6. The predicted molar refractivity (Wildman–Crippen MR) is 76.2 cm³/mol. The summed E-state index contributed by atoms with van der Waals surface area (Å²) in [6.07, 6.45) is 1.52. The number of thiophene rings is 1. The monoisotopic (exact) mass is 285 g/mol. The van der Waals surface area contributed by atoms with Crippen LogP contribution >= 0.6 is 11.3 Å². The maximum Gasteiger partial charge on any atom is 0.265 e. The Hall–Kier alpha value is -2.54. The summed E-state index contributed by atoms with van der Waals surface area (Å²) in [5.41, 5.74) is 2.49. The summed E-state index contributed by atoms with van der Waals surface area (Å²) in [6, 6.07) is 9.25. The van der Waals surface area contributed by atoms with E-state index in [-0.39, 0.29) is 5.91 Å². The van der Waals surface area contributed by atoms with E-state index < -0.39 is 0 Å². The molecule has 0 radical (unpaired) electrons. The predicted octanol–water partition coefficient (Wildman–Crippen LogP) is 2.28. The molecule has 6 nitrogen and oxygen atoms in total. The Morgan fingerprint density at radius 2 is 2.20 bits per heavy atom. The topological polar surface area (TPSA) is 72.7 Å². The fraction of sp³-hybridized carbons (Fsp3) is 0.0769. The normalized spacial score (nSPS) is 10.4. The molecule has 2 aromatic heterocycles. The summed E-state index contributed by atoms with van der Waals surface area (Å²) in [5, 5.41) is 15.9. The van der Waals surface area contributed by atoms with E-state index in [9.17, 15) is 4.79 Å². The fourth-order valence-electron chi connectivity index (χ4n) is 1.87. The molecule has 0 saturated carbocycles. The number of benzene rings is 1. The second-order valence-corrected chi connectivity index (χ2v) is 5.08. The van der Waals surface area contributed by atoms with E-state index in [1.165, 1.54) is 17.7 Å². The lowest BCUT2D eigenvalue weighted by atomic mass is 10.1. The van der Waals surface area contributed by atoms with Gasteiger partial charge >= 0.3 is 0 Å². The van der Waals surface area contributed by atoms with Crippen molar-refractivity contribution in [1.82, 2.24) is 20.2 Å². The zero-order valence-corrected chi connectivity index (χ0v) is 11.5. The summed E-state index contributed by atoms with van der Waals surface area (Å²) < 4.78 is 1.57. The van der Waals surface area contributed by atoms with Crippen LogP contribution < -0.4 is 5.32 Å². The van der Waals surface area contributed by atoms with Gasteiger partial charge in [-0.3, -0.25) is 4.79 Å². The lowest BCUT2D eigenvalue weighted by Gasteiger charge is -2.11. The average Bonchev–Trinajstić information content (AvgIpc) is 3.14. The number of nitrogens with zero attached hydrogens (tertiary/aromatic N) is 4. The number of carbonyl (C=O) groups excluding carboxylic acids is 1. The van der Waals surface area contributed by atoms with Crippen molar-refractivity contribution < 1.29 is 4.79 Å². The molecule has 3 aromatic rings. The third-order valence-electron chi connectivity index (χ3n) is 2.89. The van der Waals surface area contributed by atoms with Crippen LogP contribution in [0.3, 0.4) is 0 Å². The molecule has 1 amide bonds. The van der Waals surface area contributed by atoms with Crippen LogP contribution in [0.25, 0.3) is 5.69 Å². The van der Waals surface area contributed by atoms with E-state index in [0.717, 1.165) is 16.9 Å². The Morgan fingerprint density at radius 1 is 1.30 bits per heavy atom. The minimum atomic E-state index is -0.114. The molecule has 0 fully saturated rings. The molecule has 0 saturated heterocycles. The van der Waals surface area contributed by atoms with Crippen molar-refractivity contribution in [2.45, 2.75) is 6.92 Å². The Kier molecular flexibility index (Phi) is 3.26. The highest BCUT2D eigenvalue weighted by Gasteiger charge is 2.11. The van der Waals surface area contributed by atoms with Gasteiger partial charge in [-0.2, -0.15) is 0 Å². The molecule has 0 spiro atoms. The fourth-order valence-corrected chi connectivity index (χ4v) is 2.49. The lowest BCUT2D eigenvalue weighted by Crippen LogP contribution is -2.12. The van der Waals surface area contributed by atoms with Crippen molar-refractivity contribution in [1.29, 1.82) is 0 Å². The van der Waals surface area contributed by atoms with Gasteiger partial charge in [0.15, 0.2) is 0 Å². The highest BCUT2D eigenvalue weighted by molar-refractivity contribution is 7.12. The van der Waals surface area contributed by atoms with Crippen LogP contribution in [0.2, 0.25) is 0 Å². The number of carbonyl (C=O) groups is 1. The maximum atomic E-state index is 12.1. The Balaban J connectivity index is 1.91. The van der Waals surface area contributed by atoms with Crippen molar-refractivity contribution in [3.63, 3.8) is 0 Å². The molecule has 0 unspecified atom stereocenters. The molecule has 1 N–H and O–H groups in total. The average molecular weight is 285 g/mol. The van der Waals surface area contributed by atoms with E-state index in [4.69, 9.17) is 0 Å². The first-order valence-electron chi connectivity index (χ1n) is 5.93. The third-order valence-corrected chi connectivity index (χ3v) is 3.76. The quantitative estimate of drug-likeness (QED) is 0.801. The van der Waals surface area contributed by atoms with Gasteiger partial charge in [-0.25, -0.2) is 4.68 Å². The van der Waals surface area contributed by atoms with Gasteiger partial charge < -0.3 is 5.32 Å². The van der Waals surface area contributed by atoms with Crippen LogP contribution in [0.1, 0.15) is 15.2 Å². The van der Waals surface area contributed by atoms with Crippen molar-refractivity contribution in [2.24, 2.45) is 0 Å². The standard InChI is InChI=1S/C13H11N5OS/c1-9-10(15-13(19)12-6-3-7-20-12)4-2-5-11(9)18-8-14-16-17-18/h2-8H,1H3,(H,15,19). The SMILES string of the molecule is Cc1c(NC(=O)c2cccs2)cccc1-n1cnnn1. The number of hydrogen-bond acceptors (Lipinski definition) is 5. The van der Waals surface area contributed by atoms with Crippen LogP contribution in [-0.2, 0) is 0 Å². The van der Waals surface area contributed by atoms with Crippen LogP contribution in [0.5, 0.6) is 0 Å². The van der Waals surface area contributed by atoms with Gasteiger partial charge in [0.05, 0.1) is 10.6 Å². The number of aromatic nitrogens is 4. The van der Waals surface area contributed by atoms with Crippen LogP contribution in [-0.4, -0.2) is 26.1 Å². The highest BCUT2D eigenvalue weighted by atomic mass is 32.1. The summed E-state index contributed by atoms with van der Waals surface area (Å²) >= 11 is 1.41. The molecule has 0 aliphatic carbocycles. The van der Waals surface area contributed by atoms with E-state index in [0.29, 0.717) is 4.88 Å². The summed E-state index contributed by atoms with van der Waals surface area (Å²) in [5.74, 6) is -0.114. The minimum absolute atomic E-state index is 0.114. The molecule has 3 rings (SSSR count). The van der Waals surface area contributed by atoms with Gasteiger partial charge in [-0.15, -0.1) is 16.4 Å². The highest BCUT2D eigenvalue weighted by Crippen LogP contribution is 2.22. The van der Waals surface area contributed by atoms with Crippen molar-refractivity contribution in [2.75, 3.05) is 5.32 Å². The molecule has 0 aliphatic rings. The van der Waals surface area contributed by atoms with Crippen molar-refractivity contribution in [3.8, 4) is 5.69 Å². The molecule has 2 heterocycles.